The fourth-order valence-corrected chi connectivity index (χ4v) is 3.75. The molecule has 22 heavy (non-hydrogen) atoms. The molecule has 0 radical (unpaired) electrons. The quantitative estimate of drug-likeness (QED) is 0.842. The first kappa shape index (κ1) is 13.5. The lowest BCUT2D eigenvalue weighted by molar-refractivity contribution is -0.163. The van der Waals surface area contributed by atoms with Crippen LogP contribution in [0.3, 0.4) is 0 Å². The second kappa shape index (κ2) is 4.67. The first-order valence-electron chi connectivity index (χ1n) is 7.62. The number of hydrogen-bond acceptors (Lipinski definition) is 2. The Morgan fingerprint density at radius 3 is 1.50 bits per heavy atom. The van der Waals surface area contributed by atoms with Gasteiger partial charge in [0.2, 0.25) is 0 Å². The average molecular weight is 290 g/mol. The second-order valence-corrected chi connectivity index (χ2v) is 6.11. The predicted octanol–water partition coefficient (Wildman–Crippen LogP) is 3.60. The van der Waals surface area contributed by atoms with Crippen molar-refractivity contribution in [1.82, 2.24) is 0 Å². The van der Waals surface area contributed by atoms with Gasteiger partial charge in [-0.3, -0.25) is 0 Å². The van der Waals surface area contributed by atoms with Crippen LogP contribution in [0.1, 0.15) is 35.1 Å². The van der Waals surface area contributed by atoms with Gasteiger partial charge in [-0.05, 0) is 22.3 Å². The van der Waals surface area contributed by atoms with Gasteiger partial charge in [0, 0.05) is 12.8 Å². The van der Waals surface area contributed by atoms with Crippen molar-refractivity contribution in [1.29, 1.82) is 0 Å². The maximum absolute atomic E-state index is 11.5. The lowest BCUT2D eigenvalue weighted by Crippen LogP contribution is -2.51. The molecule has 110 valence electrons. The largest absolute Gasteiger partial charge is 0.381 e. The summed E-state index contributed by atoms with van der Waals surface area (Å²) in [6.45, 7) is 0. The molecule has 0 amide bonds. The topological polar surface area (TPSA) is 40.5 Å². The van der Waals surface area contributed by atoms with E-state index in [4.69, 9.17) is 0 Å². The van der Waals surface area contributed by atoms with E-state index in [-0.39, 0.29) is 0 Å². The smallest absolute Gasteiger partial charge is 0.127 e. The minimum atomic E-state index is -1.32. The van der Waals surface area contributed by atoms with Crippen LogP contribution in [0.2, 0.25) is 0 Å². The van der Waals surface area contributed by atoms with E-state index >= 15 is 0 Å². The van der Waals surface area contributed by atoms with Crippen LogP contribution in [0.5, 0.6) is 0 Å². The summed E-state index contributed by atoms with van der Waals surface area (Å²) < 4.78 is 0. The zero-order valence-electron chi connectivity index (χ0n) is 12.2. The summed E-state index contributed by atoms with van der Waals surface area (Å²) in [5, 5.41) is 23.0. The summed E-state index contributed by atoms with van der Waals surface area (Å²) in [4.78, 5) is 0. The number of benzene rings is 2. The first-order chi connectivity index (χ1) is 10.7. The Morgan fingerprint density at radius 2 is 1.05 bits per heavy atom. The minimum absolute atomic E-state index is 0.405. The zero-order valence-corrected chi connectivity index (χ0v) is 12.2. The van der Waals surface area contributed by atoms with Crippen molar-refractivity contribution in [2.45, 2.75) is 24.0 Å². The van der Waals surface area contributed by atoms with Crippen LogP contribution in [0, 0.1) is 0 Å². The molecule has 2 aliphatic rings. The van der Waals surface area contributed by atoms with Gasteiger partial charge < -0.3 is 10.2 Å². The highest BCUT2D eigenvalue weighted by atomic mass is 16.4. The molecule has 0 heterocycles. The van der Waals surface area contributed by atoms with Gasteiger partial charge in [0.25, 0.3) is 0 Å². The maximum Gasteiger partial charge on any atom is 0.127 e. The Labute approximate surface area is 130 Å². The molecule has 2 N–H and O–H groups in total. The van der Waals surface area contributed by atoms with E-state index in [1.807, 2.05) is 72.8 Å². The summed E-state index contributed by atoms with van der Waals surface area (Å²) >= 11 is 0. The summed E-state index contributed by atoms with van der Waals surface area (Å²) in [5.41, 5.74) is 0.891. The Kier molecular flexibility index (Phi) is 2.86. The monoisotopic (exact) mass is 290 g/mol. The van der Waals surface area contributed by atoms with E-state index in [0.29, 0.717) is 12.8 Å². The molecule has 2 nitrogen and oxygen atoms in total. The van der Waals surface area contributed by atoms with Crippen LogP contribution in [0.4, 0.5) is 0 Å². The van der Waals surface area contributed by atoms with Gasteiger partial charge in [-0.1, -0.05) is 72.8 Å². The van der Waals surface area contributed by atoms with Crippen LogP contribution in [-0.4, -0.2) is 10.2 Å². The fraction of sp³-hybridized carbons (Fsp3) is 0.200. The Morgan fingerprint density at radius 1 is 0.636 bits per heavy atom. The highest BCUT2D eigenvalue weighted by Crippen LogP contribution is 2.51. The zero-order chi connectivity index (χ0) is 15.2. The van der Waals surface area contributed by atoms with Crippen LogP contribution in [-0.2, 0) is 11.2 Å². The third-order valence-corrected chi connectivity index (χ3v) is 4.92. The van der Waals surface area contributed by atoms with Crippen LogP contribution in [0.15, 0.2) is 60.7 Å². The molecule has 0 fully saturated rings. The number of fused-ring (bicyclic) bond motifs is 2. The number of rotatable bonds is 1. The lowest BCUT2D eigenvalue weighted by Gasteiger charge is -2.47. The second-order valence-electron chi connectivity index (χ2n) is 6.11. The Bertz CT molecular complexity index is 722. The molecule has 2 aromatic carbocycles. The molecule has 4 rings (SSSR count). The third-order valence-electron chi connectivity index (χ3n) is 4.92. The molecule has 0 bridgehead atoms. The fourth-order valence-electron chi connectivity index (χ4n) is 3.75. The average Bonchev–Trinajstić information content (AvgIpc) is 2.56. The van der Waals surface area contributed by atoms with E-state index in [2.05, 4.69) is 0 Å². The number of aliphatic hydroxyl groups is 2. The van der Waals surface area contributed by atoms with Crippen LogP contribution in [0.25, 0.3) is 12.2 Å². The van der Waals surface area contributed by atoms with Gasteiger partial charge >= 0.3 is 0 Å². The molecule has 0 saturated heterocycles. The van der Waals surface area contributed by atoms with Gasteiger partial charge in [-0.15, -0.1) is 0 Å². The normalized spacial score (nSPS) is 29.0. The summed E-state index contributed by atoms with van der Waals surface area (Å²) in [5.74, 6) is 0. The van der Waals surface area contributed by atoms with E-state index in [1.165, 1.54) is 0 Å². The molecular formula is C20H18O2. The first-order valence-corrected chi connectivity index (χ1v) is 7.62. The molecule has 2 aliphatic carbocycles. The van der Waals surface area contributed by atoms with Gasteiger partial charge in [-0.2, -0.15) is 0 Å². The van der Waals surface area contributed by atoms with Gasteiger partial charge in [-0.25, -0.2) is 0 Å². The Balaban J connectivity index is 1.95. The molecule has 2 atom stereocenters. The molecule has 2 unspecified atom stereocenters. The van der Waals surface area contributed by atoms with Crippen molar-refractivity contribution in [3.8, 4) is 0 Å². The van der Waals surface area contributed by atoms with Crippen molar-refractivity contribution in [3.05, 3.63) is 82.9 Å². The third kappa shape index (κ3) is 1.68. The summed E-state index contributed by atoms with van der Waals surface area (Å²) in [6.07, 6.45) is 8.73. The lowest BCUT2D eigenvalue weighted by atomic mass is 9.65. The standard InChI is InChI=1S/C20H18O2/c21-19(13-5-9-15-7-1-3-11-17(15)19)20(22)14-6-10-16-8-2-4-12-18(16)20/h1-12,21-22H,13-14H2. The van der Waals surface area contributed by atoms with Crippen molar-refractivity contribution >= 4 is 12.2 Å². The van der Waals surface area contributed by atoms with Gasteiger partial charge in [0.05, 0.1) is 0 Å². The van der Waals surface area contributed by atoms with Gasteiger partial charge in [0.15, 0.2) is 0 Å². The van der Waals surface area contributed by atoms with Gasteiger partial charge in [0.1, 0.15) is 11.2 Å². The van der Waals surface area contributed by atoms with Crippen molar-refractivity contribution in [2.24, 2.45) is 0 Å². The van der Waals surface area contributed by atoms with E-state index < -0.39 is 11.2 Å². The molecule has 0 spiro atoms. The van der Waals surface area contributed by atoms with E-state index in [9.17, 15) is 10.2 Å². The molecule has 0 aromatic heterocycles. The van der Waals surface area contributed by atoms with Crippen molar-refractivity contribution in [3.63, 3.8) is 0 Å². The molecule has 2 heteroatoms. The summed E-state index contributed by atoms with van der Waals surface area (Å²) in [6, 6.07) is 15.5. The van der Waals surface area contributed by atoms with E-state index in [1.54, 1.807) is 0 Å². The minimum Gasteiger partial charge on any atom is -0.381 e. The van der Waals surface area contributed by atoms with Crippen LogP contribution >= 0.6 is 0 Å². The van der Waals surface area contributed by atoms with Crippen molar-refractivity contribution < 1.29 is 10.2 Å². The van der Waals surface area contributed by atoms with Crippen LogP contribution < -0.4 is 0 Å². The van der Waals surface area contributed by atoms with Crippen molar-refractivity contribution in [2.75, 3.05) is 0 Å². The van der Waals surface area contributed by atoms with E-state index in [0.717, 1.165) is 22.3 Å². The Hall–Kier alpha value is -2.16. The SMILES string of the molecule is OC1(C2(O)CC=Cc3ccccc32)CC=Cc2ccccc21. The molecule has 0 aliphatic heterocycles. The molecule has 2 aromatic rings. The highest BCUT2D eigenvalue weighted by molar-refractivity contribution is 5.64. The summed E-state index contributed by atoms with van der Waals surface area (Å²) in [7, 11) is 0. The number of hydrogen-bond donors (Lipinski definition) is 2. The molecule has 0 saturated carbocycles. The maximum atomic E-state index is 11.5. The highest BCUT2D eigenvalue weighted by Gasteiger charge is 2.53. The predicted molar refractivity (Wildman–Crippen MR) is 88.0 cm³/mol. The molecular weight excluding hydrogens is 272 g/mol.